The number of nitriles is 1. The molecule has 3 aromatic rings. The number of nitrogens with zero attached hydrogens (tertiary/aromatic N) is 1. The van der Waals surface area contributed by atoms with E-state index in [2.05, 4.69) is 10.6 Å². The van der Waals surface area contributed by atoms with Crippen LogP contribution in [0.5, 0.6) is 5.75 Å². The summed E-state index contributed by atoms with van der Waals surface area (Å²) >= 11 is 6.15. The van der Waals surface area contributed by atoms with Gasteiger partial charge in [-0.25, -0.2) is 17.6 Å². The topological polar surface area (TPSA) is 57.1 Å². The van der Waals surface area contributed by atoms with E-state index in [1.807, 2.05) is 0 Å². The van der Waals surface area contributed by atoms with Gasteiger partial charge in [-0.2, -0.15) is 5.26 Å². The molecule has 5 rings (SSSR count). The molecule has 1 atom stereocenters. The number of hydrogen-bond acceptors (Lipinski definition) is 4. The molecule has 9 heteroatoms. The van der Waals surface area contributed by atoms with Gasteiger partial charge in [0.15, 0.2) is 29.0 Å². The SMILES string of the molecule is N#Cc1cc(F)c(OCC(C2CCCCC2)C2(c3ccc(Cl)cc3)Nc3cc(F)c(F)cc3N2)c(F)c1. The summed E-state index contributed by atoms with van der Waals surface area (Å²) in [5.74, 6) is -4.85. The van der Waals surface area contributed by atoms with Crippen molar-refractivity contribution in [2.24, 2.45) is 11.8 Å². The fourth-order valence-corrected chi connectivity index (χ4v) is 5.68. The van der Waals surface area contributed by atoms with E-state index in [-0.39, 0.29) is 18.1 Å². The minimum Gasteiger partial charge on any atom is -0.487 e. The van der Waals surface area contributed by atoms with Crippen LogP contribution in [0.1, 0.15) is 43.2 Å². The van der Waals surface area contributed by atoms with Crippen LogP contribution < -0.4 is 15.4 Å². The predicted octanol–water partition coefficient (Wildman–Crippen LogP) is 7.73. The number of benzene rings is 3. The van der Waals surface area contributed by atoms with Gasteiger partial charge in [-0.05, 0) is 48.6 Å². The third kappa shape index (κ3) is 4.80. The van der Waals surface area contributed by atoms with Crippen LogP contribution in [0, 0.1) is 46.4 Å². The van der Waals surface area contributed by atoms with Crippen molar-refractivity contribution in [2.75, 3.05) is 17.2 Å². The quantitative estimate of drug-likeness (QED) is 0.321. The smallest absolute Gasteiger partial charge is 0.190 e. The molecule has 0 amide bonds. The van der Waals surface area contributed by atoms with Crippen LogP contribution >= 0.6 is 11.6 Å². The van der Waals surface area contributed by atoms with Crippen LogP contribution in [-0.2, 0) is 5.66 Å². The third-order valence-corrected chi connectivity index (χ3v) is 7.59. The highest BCUT2D eigenvalue weighted by Crippen LogP contribution is 2.49. The van der Waals surface area contributed by atoms with E-state index in [1.54, 1.807) is 30.3 Å². The molecule has 1 aliphatic carbocycles. The Bertz CT molecular complexity index is 1300. The average molecular weight is 530 g/mol. The summed E-state index contributed by atoms with van der Waals surface area (Å²) in [7, 11) is 0. The first-order valence-electron chi connectivity index (χ1n) is 12.1. The van der Waals surface area contributed by atoms with E-state index < -0.39 is 40.6 Å². The predicted molar refractivity (Wildman–Crippen MR) is 133 cm³/mol. The molecule has 2 N–H and O–H groups in total. The van der Waals surface area contributed by atoms with E-state index in [0.29, 0.717) is 16.4 Å². The summed E-state index contributed by atoms with van der Waals surface area (Å²) in [6, 6.07) is 12.8. The number of fused-ring (bicyclic) bond motifs is 1. The first kappa shape index (κ1) is 25.2. The lowest BCUT2D eigenvalue weighted by Crippen LogP contribution is -2.51. The normalized spacial score (nSPS) is 17.3. The van der Waals surface area contributed by atoms with Gasteiger partial charge in [0.1, 0.15) is 5.66 Å². The summed E-state index contributed by atoms with van der Waals surface area (Å²) < 4.78 is 63.5. The highest BCUT2D eigenvalue weighted by atomic mass is 35.5. The summed E-state index contributed by atoms with van der Waals surface area (Å²) in [5.41, 5.74) is 0.210. The van der Waals surface area contributed by atoms with E-state index >= 15 is 0 Å². The molecule has 1 saturated carbocycles. The van der Waals surface area contributed by atoms with Crippen molar-refractivity contribution in [3.63, 3.8) is 0 Å². The second-order valence-corrected chi connectivity index (χ2v) is 10.0. The molecule has 0 saturated heterocycles. The second kappa shape index (κ2) is 10.1. The molecule has 1 fully saturated rings. The van der Waals surface area contributed by atoms with E-state index in [0.717, 1.165) is 61.9 Å². The Hall–Kier alpha value is -3.44. The van der Waals surface area contributed by atoms with Crippen molar-refractivity contribution >= 4 is 23.0 Å². The second-order valence-electron chi connectivity index (χ2n) is 9.57. The number of anilines is 2. The molecular formula is C28H24ClF4N3O. The molecule has 0 bridgehead atoms. The lowest BCUT2D eigenvalue weighted by Gasteiger charge is -2.44. The maximum absolute atomic E-state index is 14.7. The lowest BCUT2D eigenvalue weighted by molar-refractivity contribution is 0.107. The zero-order chi connectivity index (χ0) is 26.2. The molecule has 0 radical (unpaired) electrons. The molecule has 4 nitrogen and oxygen atoms in total. The monoisotopic (exact) mass is 529 g/mol. The van der Waals surface area contributed by atoms with Gasteiger partial charge in [-0.15, -0.1) is 0 Å². The standard InChI is InChI=1S/C28H24ClF4N3O/c29-19-8-6-18(7-9-19)28(35-25-12-21(30)22(31)13-26(25)36-28)20(17-4-2-1-3-5-17)15-37-27-23(32)10-16(14-34)11-24(27)33/h6-13,17,20,35-36H,1-5,15H2. The van der Waals surface area contributed by atoms with Crippen molar-refractivity contribution in [3.8, 4) is 11.8 Å². The van der Waals surface area contributed by atoms with Crippen LogP contribution in [0.2, 0.25) is 5.02 Å². The summed E-state index contributed by atoms with van der Waals surface area (Å²) in [6.07, 6.45) is 4.74. The Morgan fingerprint density at radius 1 is 0.892 bits per heavy atom. The number of hydrogen-bond donors (Lipinski definition) is 2. The first-order chi connectivity index (χ1) is 17.8. The number of halogens is 5. The van der Waals surface area contributed by atoms with Crippen LogP contribution in [-0.4, -0.2) is 6.61 Å². The molecule has 2 aliphatic rings. The van der Waals surface area contributed by atoms with Gasteiger partial charge < -0.3 is 15.4 Å². The molecule has 1 heterocycles. The number of nitrogens with one attached hydrogen (secondary N) is 2. The van der Waals surface area contributed by atoms with Crippen LogP contribution in [0.15, 0.2) is 48.5 Å². The highest BCUT2D eigenvalue weighted by Gasteiger charge is 2.49. The van der Waals surface area contributed by atoms with Crippen LogP contribution in [0.4, 0.5) is 28.9 Å². The van der Waals surface area contributed by atoms with Gasteiger partial charge in [0, 0.05) is 23.1 Å². The molecular weight excluding hydrogens is 506 g/mol. The average Bonchev–Trinajstić information content (AvgIpc) is 3.25. The van der Waals surface area contributed by atoms with Gasteiger partial charge in [0.25, 0.3) is 0 Å². The van der Waals surface area contributed by atoms with Crippen molar-refractivity contribution in [1.29, 1.82) is 5.26 Å². The highest BCUT2D eigenvalue weighted by molar-refractivity contribution is 6.30. The van der Waals surface area contributed by atoms with E-state index in [4.69, 9.17) is 21.6 Å². The van der Waals surface area contributed by atoms with Crippen LogP contribution in [0.3, 0.4) is 0 Å². The minimum atomic E-state index is -1.10. The first-order valence-corrected chi connectivity index (χ1v) is 12.5. The molecule has 192 valence electrons. The fraction of sp³-hybridized carbons (Fsp3) is 0.321. The summed E-state index contributed by atoms with van der Waals surface area (Å²) in [4.78, 5) is 0. The Balaban J connectivity index is 1.58. The molecule has 1 unspecified atom stereocenters. The zero-order valence-electron chi connectivity index (χ0n) is 19.8. The largest absolute Gasteiger partial charge is 0.487 e. The molecule has 3 aromatic carbocycles. The van der Waals surface area contributed by atoms with Gasteiger partial charge in [-0.1, -0.05) is 43.0 Å². The Morgan fingerprint density at radius 3 is 2.00 bits per heavy atom. The van der Waals surface area contributed by atoms with Gasteiger partial charge >= 0.3 is 0 Å². The maximum atomic E-state index is 14.7. The lowest BCUT2D eigenvalue weighted by atomic mass is 9.72. The van der Waals surface area contributed by atoms with Crippen molar-refractivity contribution in [1.82, 2.24) is 0 Å². The summed E-state index contributed by atoms with van der Waals surface area (Å²) in [5, 5.41) is 16.2. The van der Waals surface area contributed by atoms with Gasteiger partial charge in [-0.3, -0.25) is 0 Å². The maximum Gasteiger partial charge on any atom is 0.190 e. The van der Waals surface area contributed by atoms with E-state index in [1.165, 1.54) is 0 Å². The Kier molecular flexibility index (Phi) is 6.91. The molecule has 0 aromatic heterocycles. The molecule has 37 heavy (non-hydrogen) atoms. The molecule has 0 spiro atoms. The van der Waals surface area contributed by atoms with Crippen molar-refractivity contribution in [3.05, 3.63) is 87.9 Å². The Morgan fingerprint density at radius 2 is 1.46 bits per heavy atom. The molecule has 1 aliphatic heterocycles. The van der Waals surface area contributed by atoms with Gasteiger partial charge in [0.2, 0.25) is 0 Å². The van der Waals surface area contributed by atoms with Crippen LogP contribution in [0.25, 0.3) is 0 Å². The zero-order valence-corrected chi connectivity index (χ0v) is 20.5. The number of rotatable bonds is 6. The van der Waals surface area contributed by atoms with Crippen molar-refractivity contribution < 1.29 is 22.3 Å². The summed E-state index contributed by atoms with van der Waals surface area (Å²) in [6.45, 7) is -0.105. The van der Waals surface area contributed by atoms with E-state index in [9.17, 15) is 17.6 Å². The minimum absolute atomic E-state index is 0.0675. The van der Waals surface area contributed by atoms with Crippen molar-refractivity contribution in [2.45, 2.75) is 37.8 Å². The fourth-order valence-electron chi connectivity index (χ4n) is 5.55. The Labute approximate surface area is 217 Å². The number of ether oxygens (including phenoxy) is 1. The third-order valence-electron chi connectivity index (χ3n) is 7.33. The van der Waals surface area contributed by atoms with Gasteiger partial charge in [0.05, 0.1) is 29.6 Å².